The normalized spacial score (nSPS) is 22.2. The minimum absolute atomic E-state index is 0.113. The van der Waals surface area contributed by atoms with Crippen LogP contribution in [-0.4, -0.2) is 55.2 Å². The van der Waals surface area contributed by atoms with Crippen molar-refractivity contribution in [2.75, 3.05) is 32.9 Å². The number of ether oxygens (including phenoxy) is 4. The molecule has 1 fully saturated rings. The number of para-hydroxylation sites is 2. The number of carbonyl (C=O) groups excluding carboxylic acids is 1. The summed E-state index contributed by atoms with van der Waals surface area (Å²) in [7, 11) is 0. The maximum atomic E-state index is 13.0. The Morgan fingerprint density at radius 2 is 1.80 bits per heavy atom. The van der Waals surface area contributed by atoms with E-state index >= 15 is 0 Å². The molecule has 30 heavy (non-hydrogen) atoms. The van der Waals surface area contributed by atoms with E-state index in [1.165, 1.54) is 0 Å². The van der Waals surface area contributed by atoms with Crippen molar-refractivity contribution in [1.82, 2.24) is 0 Å². The van der Waals surface area contributed by atoms with E-state index in [0.717, 1.165) is 5.56 Å². The summed E-state index contributed by atoms with van der Waals surface area (Å²) >= 11 is 5.96. The highest BCUT2D eigenvalue weighted by molar-refractivity contribution is 6.19. The molecule has 0 aliphatic carbocycles. The van der Waals surface area contributed by atoms with E-state index in [1.807, 2.05) is 61.5 Å². The van der Waals surface area contributed by atoms with Gasteiger partial charge in [0.05, 0.1) is 13.2 Å². The van der Waals surface area contributed by atoms with E-state index in [-0.39, 0.29) is 16.7 Å². The van der Waals surface area contributed by atoms with Gasteiger partial charge in [0.15, 0.2) is 17.1 Å². The molecule has 1 saturated heterocycles. The minimum atomic E-state index is -0.695. The van der Waals surface area contributed by atoms with E-state index < -0.39 is 5.56 Å². The van der Waals surface area contributed by atoms with Gasteiger partial charge in [0.25, 0.3) is 0 Å². The van der Waals surface area contributed by atoms with Crippen molar-refractivity contribution in [3.05, 3.63) is 60.2 Å². The Balaban J connectivity index is 1.74. The smallest absolute Gasteiger partial charge is 0.490 e. The Morgan fingerprint density at radius 3 is 2.47 bits per heavy atom. The lowest BCUT2D eigenvalue weighted by Gasteiger charge is -2.40. The van der Waals surface area contributed by atoms with Crippen molar-refractivity contribution in [3.8, 4) is 11.5 Å². The number of carbonyl (C=O) groups is 1. The van der Waals surface area contributed by atoms with Crippen LogP contribution in [0.2, 0.25) is 0 Å². The number of alkyl halides is 1. The molecule has 3 atom stereocenters. The number of quaternary nitrogens is 1. The molecular weight excluding hydrogens is 406 g/mol. The highest BCUT2D eigenvalue weighted by Gasteiger charge is 2.45. The second kappa shape index (κ2) is 10.7. The van der Waals surface area contributed by atoms with Crippen LogP contribution >= 0.6 is 11.6 Å². The lowest BCUT2D eigenvalue weighted by Crippen LogP contribution is -2.62. The van der Waals surface area contributed by atoms with Gasteiger partial charge in [-0.3, -0.25) is 0 Å². The Morgan fingerprint density at radius 1 is 1.13 bits per heavy atom. The van der Waals surface area contributed by atoms with Crippen LogP contribution in [0, 0.1) is 0 Å². The zero-order chi connectivity index (χ0) is 21.4. The van der Waals surface area contributed by atoms with Gasteiger partial charge in [-0.15, -0.1) is 0 Å². The Kier molecular flexibility index (Phi) is 7.96. The van der Waals surface area contributed by atoms with Crippen LogP contribution in [0.1, 0.15) is 19.4 Å². The zero-order valence-electron chi connectivity index (χ0n) is 17.5. The predicted octanol–water partition coefficient (Wildman–Crippen LogP) is 4.60. The average molecular weight is 435 g/mol. The molecule has 1 aliphatic heterocycles. The number of nitrogens with zero attached hydrogens (tertiary/aromatic N) is 1. The molecule has 1 amide bonds. The monoisotopic (exact) mass is 434 g/mol. The Labute approximate surface area is 182 Å². The first-order valence-electron chi connectivity index (χ1n) is 10.2. The molecule has 3 rings (SSSR count). The van der Waals surface area contributed by atoms with E-state index in [1.54, 1.807) is 6.92 Å². The number of halogens is 1. The first-order valence-corrected chi connectivity index (χ1v) is 10.7. The third-order valence-electron chi connectivity index (χ3n) is 4.98. The van der Waals surface area contributed by atoms with Crippen molar-refractivity contribution in [3.63, 3.8) is 0 Å². The summed E-state index contributed by atoms with van der Waals surface area (Å²) in [6.45, 7) is 6.34. The molecule has 2 aromatic rings. The first-order chi connectivity index (χ1) is 14.5. The summed E-state index contributed by atoms with van der Waals surface area (Å²) in [4.78, 5) is 13.0. The number of amides is 1. The lowest BCUT2D eigenvalue weighted by molar-refractivity contribution is -0.883. The predicted molar refractivity (Wildman–Crippen MR) is 115 cm³/mol. The fraction of sp³-hybridized carbons (Fsp3) is 0.435. The number of hydrogen-bond donors (Lipinski definition) is 0. The maximum Gasteiger partial charge on any atom is 0.517 e. The lowest BCUT2D eigenvalue weighted by atomic mass is 10.1. The summed E-state index contributed by atoms with van der Waals surface area (Å²) in [5.41, 5.74) is 0.360. The van der Waals surface area contributed by atoms with Gasteiger partial charge in [0.1, 0.15) is 32.3 Å². The van der Waals surface area contributed by atoms with Crippen molar-refractivity contribution >= 4 is 17.7 Å². The second-order valence-corrected chi connectivity index (χ2v) is 7.92. The molecule has 0 saturated carbocycles. The molecule has 0 bridgehead atoms. The fourth-order valence-corrected chi connectivity index (χ4v) is 3.69. The zero-order valence-corrected chi connectivity index (χ0v) is 18.2. The van der Waals surface area contributed by atoms with Crippen LogP contribution < -0.4 is 9.47 Å². The first kappa shape index (κ1) is 22.4. The molecule has 162 valence electrons. The summed E-state index contributed by atoms with van der Waals surface area (Å²) in [5, 5.41) is 0. The highest BCUT2D eigenvalue weighted by Crippen LogP contribution is 2.28. The van der Waals surface area contributed by atoms with E-state index in [0.29, 0.717) is 51.0 Å². The van der Waals surface area contributed by atoms with Gasteiger partial charge in [0, 0.05) is 5.56 Å². The van der Waals surface area contributed by atoms with Crippen LogP contribution in [0.4, 0.5) is 4.79 Å². The van der Waals surface area contributed by atoms with Gasteiger partial charge in [-0.2, -0.15) is 4.79 Å². The number of morpholine rings is 1. The van der Waals surface area contributed by atoms with Crippen molar-refractivity contribution < 1.29 is 28.2 Å². The van der Waals surface area contributed by atoms with Gasteiger partial charge in [-0.25, -0.2) is 4.48 Å². The van der Waals surface area contributed by atoms with Crippen LogP contribution in [0.5, 0.6) is 11.5 Å². The summed E-state index contributed by atoms with van der Waals surface area (Å²) in [6, 6.07) is 17.4. The molecule has 7 heteroatoms. The van der Waals surface area contributed by atoms with E-state index in [9.17, 15) is 4.79 Å². The van der Waals surface area contributed by atoms with Crippen molar-refractivity contribution in [2.45, 2.75) is 32.1 Å². The molecule has 1 aliphatic rings. The molecule has 0 aromatic heterocycles. The van der Waals surface area contributed by atoms with Gasteiger partial charge < -0.3 is 18.9 Å². The summed E-state index contributed by atoms with van der Waals surface area (Å²) in [5.74, 6) is 1.35. The molecule has 2 unspecified atom stereocenters. The van der Waals surface area contributed by atoms with Crippen molar-refractivity contribution in [2.24, 2.45) is 0 Å². The Bertz CT molecular complexity index is 816. The molecule has 1 heterocycles. The minimum Gasteiger partial charge on any atom is -0.490 e. The molecule has 0 radical (unpaired) electrons. The maximum absolute atomic E-state index is 13.0. The number of hydrogen-bond acceptors (Lipinski definition) is 5. The molecule has 0 spiro atoms. The van der Waals surface area contributed by atoms with Gasteiger partial charge in [-0.1, -0.05) is 54.1 Å². The third-order valence-corrected chi connectivity index (χ3v) is 5.07. The summed E-state index contributed by atoms with van der Waals surface area (Å²) < 4.78 is 23.1. The van der Waals surface area contributed by atoms with Gasteiger partial charge >= 0.3 is 6.09 Å². The summed E-state index contributed by atoms with van der Waals surface area (Å²) in [6.07, 6.45) is -0.611. The van der Waals surface area contributed by atoms with Crippen LogP contribution in [0.15, 0.2) is 54.6 Å². The number of rotatable bonds is 8. The largest absolute Gasteiger partial charge is 0.517 e. The molecule has 2 aromatic carbocycles. The fourth-order valence-electron chi connectivity index (χ4n) is 3.61. The van der Waals surface area contributed by atoms with Gasteiger partial charge in [-0.05, 0) is 26.0 Å². The molecule has 0 N–H and O–H groups in total. The van der Waals surface area contributed by atoms with Gasteiger partial charge in [0.2, 0.25) is 0 Å². The second-order valence-electron chi connectivity index (χ2n) is 7.31. The SMILES string of the molecule is CCOc1ccccc1OC[C@@H]1C[N+](Cc2ccccc2)(C(=O)OC(C)Cl)CCO1. The molecule has 6 nitrogen and oxygen atoms in total. The van der Waals surface area contributed by atoms with Crippen LogP contribution in [0.25, 0.3) is 0 Å². The standard InChI is InChI=1S/C23H29ClNO5/c1-3-27-21-11-7-8-12-22(21)29-17-20-16-25(13-14-28-20,23(26)30-18(2)24)15-19-9-5-4-6-10-19/h4-12,18,20H,3,13-17H2,1-2H3/q+1/t18?,20-,25?/m0/s1. The van der Waals surface area contributed by atoms with Crippen molar-refractivity contribution in [1.29, 1.82) is 0 Å². The topological polar surface area (TPSA) is 54.0 Å². The third kappa shape index (κ3) is 5.88. The number of benzene rings is 2. The van der Waals surface area contributed by atoms with Crippen LogP contribution in [-0.2, 0) is 16.0 Å². The van der Waals surface area contributed by atoms with E-state index in [4.69, 9.17) is 30.5 Å². The quantitative estimate of drug-likeness (QED) is 0.449. The van der Waals surface area contributed by atoms with E-state index in [2.05, 4.69) is 0 Å². The average Bonchev–Trinajstić information content (AvgIpc) is 2.74. The molecular formula is C23H29ClNO5+. The highest BCUT2D eigenvalue weighted by atomic mass is 35.5. The van der Waals surface area contributed by atoms with Crippen LogP contribution in [0.3, 0.4) is 0 Å². The Hall–Kier alpha value is -2.28.